The van der Waals surface area contributed by atoms with Crippen molar-refractivity contribution in [1.29, 1.82) is 0 Å². The molecule has 1 aliphatic rings. The van der Waals surface area contributed by atoms with E-state index < -0.39 is 0 Å². The Kier molecular flexibility index (Phi) is 1.85. The summed E-state index contributed by atoms with van der Waals surface area (Å²) in [5.41, 5.74) is 10.2. The van der Waals surface area contributed by atoms with Gasteiger partial charge in [0.1, 0.15) is 0 Å². The largest absolute Gasteiger partial charge is 0.321 e. The summed E-state index contributed by atoms with van der Waals surface area (Å²) in [5.74, 6) is 0. The van der Waals surface area contributed by atoms with Crippen LogP contribution in [0.5, 0.6) is 0 Å². The van der Waals surface area contributed by atoms with Gasteiger partial charge in [0.2, 0.25) is 0 Å². The molecule has 0 spiro atoms. The van der Waals surface area contributed by atoms with Crippen LogP contribution in [0.25, 0.3) is 11.4 Å². The van der Waals surface area contributed by atoms with Gasteiger partial charge in [0, 0.05) is 17.9 Å². The van der Waals surface area contributed by atoms with E-state index in [0.717, 1.165) is 23.4 Å². The number of rotatable bonds is 0. The molecule has 0 radical (unpaired) electrons. The lowest BCUT2D eigenvalue weighted by atomic mass is 9.79. The van der Waals surface area contributed by atoms with Gasteiger partial charge in [0.05, 0.1) is 11.4 Å². The van der Waals surface area contributed by atoms with Crippen molar-refractivity contribution in [3.8, 4) is 11.4 Å². The van der Waals surface area contributed by atoms with Crippen LogP contribution in [-0.2, 0) is 12.0 Å². The zero-order valence-corrected chi connectivity index (χ0v) is 9.14. The van der Waals surface area contributed by atoms with Gasteiger partial charge >= 0.3 is 0 Å². The maximum absolute atomic E-state index is 6.34. The first-order chi connectivity index (χ1) is 7.68. The van der Waals surface area contributed by atoms with Crippen molar-refractivity contribution in [2.24, 2.45) is 5.73 Å². The lowest BCUT2D eigenvalue weighted by molar-refractivity contribution is 0.483. The molecule has 0 amide bonds. The summed E-state index contributed by atoms with van der Waals surface area (Å²) in [5, 5.41) is 0. The molecule has 2 aromatic heterocycles. The number of pyridine rings is 2. The molecule has 3 heteroatoms. The summed E-state index contributed by atoms with van der Waals surface area (Å²) in [6.07, 6.45) is 4.41. The lowest BCUT2D eigenvalue weighted by Crippen LogP contribution is -2.38. The highest BCUT2D eigenvalue weighted by molar-refractivity contribution is 5.67. The molecule has 0 aromatic carbocycles. The Morgan fingerprint density at radius 1 is 1.12 bits per heavy atom. The number of fused-ring (bicyclic) bond motifs is 3. The smallest absolute Gasteiger partial charge is 0.0939 e. The third kappa shape index (κ3) is 1.25. The third-order valence-electron chi connectivity index (χ3n) is 3.10. The molecule has 2 aromatic rings. The molecular formula is C13H13N3. The highest BCUT2D eigenvalue weighted by Gasteiger charge is 2.32. The zero-order chi connectivity index (χ0) is 11.2. The molecule has 0 saturated heterocycles. The SMILES string of the molecule is C[C@]1(N)Cc2cccnc2-c2ncccc21. The summed E-state index contributed by atoms with van der Waals surface area (Å²) >= 11 is 0. The van der Waals surface area contributed by atoms with E-state index in [1.165, 1.54) is 5.56 Å². The van der Waals surface area contributed by atoms with Crippen molar-refractivity contribution in [3.63, 3.8) is 0 Å². The Labute approximate surface area is 94.4 Å². The second-order valence-electron chi connectivity index (χ2n) is 4.50. The lowest BCUT2D eigenvalue weighted by Gasteiger charge is -2.32. The van der Waals surface area contributed by atoms with E-state index in [4.69, 9.17) is 5.73 Å². The van der Waals surface area contributed by atoms with Gasteiger partial charge in [-0.05, 0) is 36.6 Å². The van der Waals surface area contributed by atoms with Crippen LogP contribution in [-0.4, -0.2) is 9.97 Å². The van der Waals surface area contributed by atoms with Crippen LogP contribution < -0.4 is 5.73 Å². The van der Waals surface area contributed by atoms with Crippen molar-refractivity contribution >= 4 is 0 Å². The standard InChI is InChI=1S/C13H13N3/c1-13(14)8-9-4-2-6-15-11(9)12-10(13)5-3-7-16-12/h2-7H,8,14H2,1H3/t13-/m0/s1. The summed E-state index contributed by atoms with van der Waals surface area (Å²) in [6, 6.07) is 7.99. The Balaban J connectivity index is 2.33. The number of nitrogens with two attached hydrogens (primary N) is 1. The molecule has 16 heavy (non-hydrogen) atoms. The Morgan fingerprint density at radius 3 is 2.62 bits per heavy atom. The highest BCUT2D eigenvalue weighted by Crippen LogP contribution is 2.37. The number of nitrogens with zero attached hydrogens (tertiary/aromatic N) is 2. The maximum atomic E-state index is 6.34. The molecule has 2 heterocycles. The molecule has 80 valence electrons. The van der Waals surface area contributed by atoms with Crippen LogP contribution in [0.4, 0.5) is 0 Å². The zero-order valence-electron chi connectivity index (χ0n) is 9.14. The first-order valence-corrected chi connectivity index (χ1v) is 5.37. The van der Waals surface area contributed by atoms with Gasteiger partial charge in [0.15, 0.2) is 0 Å². The molecule has 3 nitrogen and oxygen atoms in total. The molecule has 0 fully saturated rings. The second-order valence-corrected chi connectivity index (χ2v) is 4.50. The first kappa shape index (κ1) is 9.48. The molecular weight excluding hydrogens is 198 g/mol. The monoisotopic (exact) mass is 211 g/mol. The second kappa shape index (κ2) is 3.12. The Hall–Kier alpha value is -1.74. The van der Waals surface area contributed by atoms with Crippen LogP contribution in [0, 0.1) is 0 Å². The summed E-state index contributed by atoms with van der Waals surface area (Å²) in [6.45, 7) is 2.05. The third-order valence-corrected chi connectivity index (χ3v) is 3.10. The van der Waals surface area contributed by atoms with Crippen LogP contribution >= 0.6 is 0 Å². The van der Waals surface area contributed by atoms with Gasteiger partial charge in [-0.15, -0.1) is 0 Å². The quantitative estimate of drug-likeness (QED) is 0.723. The fourth-order valence-electron chi connectivity index (χ4n) is 2.34. The van der Waals surface area contributed by atoms with E-state index in [9.17, 15) is 0 Å². The van der Waals surface area contributed by atoms with Crippen LogP contribution in [0.2, 0.25) is 0 Å². The van der Waals surface area contributed by atoms with Gasteiger partial charge in [-0.25, -0.2) is 0 Å². The average Bonchev–Trinajstić information content (AvgIpc) is 2.29. The van der Waals surface area contributed by atoms with Crippen molar-refractivity contribution in [2.45, 2.75) is 18.9 Å². The van der Waals surface area contributed by atoms with Gasteiger partial charge < -0.3 is 5.73 Å². The molecule has 0 aliphatic heterocycles. The molecule has 2 N–H and O–H groups in total. The van der Waals surface area contributed by atoms with Gasteiger partial charge in [-0.2, -0.15) is 0 Å². The number of aromatic nitrogens is 2. The molecule has 1 atom stereocenters. The topological polar surface area (TPSA) is 51.8 Å². The van der Waals surface area contributed by atoms with Crippen LogP contribution in [0.3, 0.4) is 0 Å². The number of hydrogen-bond acceptors (Lipinski definition) is 3. The van der Waals surface area contributed by atoms with E-state index in [1.807, 2.05) is 25.1 Å². The Bertz CT molecular complexity index is 546. The molecule has 3 rings (SSSR count). The minimum atomic E-state index is -0.348. The average molecular weight is 211 g/mol. The van der Waals surface area contributed by atoms with E-state index >= 15 is 0 Å². The molecule has 0 saturated carbocycles. The van der Waals surface area contributed by atoms with Crippen molar-refractivity contribution in [2.75, 3.05) is 0 Å². The Morgan fingerprint density at radius 2 is 1.81 bits per heavy atom. The van der Waals surface area contributed by atoms with E-state index in [2.05, 4.69) is 16.0 Å². The minimum Gasteiger partial charge on any atom is -0.321 e. The molecule has 1 aliphatic carbocycles. The fraction of sp³-hybridized carbons (Fsp3) is 0.231. The maximum Gasteiger partial charge on any atom is 0.0939 e. The normalized spacial score (nSPS) is 22.4. The van der Waals surface area contributed by atoms with Crippen LogP contribution in [0.15, 0.2) is 36.7 Å². The molecule has 0 bridgehead atoms. The number of hydrogen-bond donors (Lipinski definition) is 1. The van der Waals surface area contributed by atoms with Gasteiger partial charge in [-0.1, -0.05) is 12.1 Å². The van der Waals surface area contributed by atoms with E-state index in [-0.39, 0.29) is 5.54 Å². The van der Waals surface area contributed by atoms with Crippen LogP contribution in [0.1, 0.15) is 18.1 Å². The van der Waals surface area contributed by atoms with Crippen molar-refractivity contribution in [3.05, 3.63) is 47.8 Å². The van der Waals surface area contributed by atoms with E-state index in [1.54, 1.807) is 12.4 Å². The highest BCUT2D eigenvalue weighted by atomic mass is 14.8. The first-order valence-electron chi connectivity index (χ1n) is 5.37. The fourth-order valence-corrected chi connectivity index (χ4v) is 2.34. The summed E-state index contributed by atoms with van der Waals surface area (Å²) in [7, 11) is 0. The predicted molar refractivity (Wildman–Crippen MR) is 62.7 cm³/mol. The summed E-state index contributed by atoms with van der Waals surface area (Å²) in [4.78, 5) is 8.82. The van der Waals surface area contributed by atoms with Gasteiger partial charge in [0.25, 0.3) is 0 Å². The van der Waals surface area contributed by atoms with Crippen molar-refractivity contribution in [1.82, 2.24) is 9.97 Å². The summed E-state index contributed by atoms with van der Waals surface area (Å²) < 4.78 is 0. The predicted octanol–water partition coefficient (Wildman–Crippen LogP) is 1.87. The molecule has 0 unspecified atom stereocenters. The van der Waals surface area contributed by atoms with E-state index in [0.29, 0.717) is 0 Å². The van der Waals surface area contributed by atoms with Gasteiger partial charge in [-0.3, -0.25) is 9.97 Å². The van der Waals surface area contributed by atoms with Crippen molar-refractivity contribution < 1.29 is 0 Å². The minimum absolute atomic E-state index is 0.348.